The molecule has 1 aromatic carbocycles. The topological polar surface area (TPSA) is 163 Å². The Kier molecular flexibility index (Phi) is 10.8. The van der Waals surface area contributed by atoms with Gasteiger partial charge in [-0.05, 0) is 57.7 Å². The van der Waals surface area contributed by atoms with Gasteiger partial charge in [-0.15, -0.1) is 0 Å². The Hall–Kier alpha value is -2.98. The van der Waals surface area contributed by atoms with Crippen LogP contribution in [0.5, 0.6) is 0 Å². The first-order valence-corrected chi connectivity index (χ1v) is 11.4. The molecule has 0 aliphatic carbocycles. The van der Waals surface area contributed by atoms with E-state index in [9.17, 15) is 19.2 Å². The molecule has 4 atom stereocenters. The summed E-state index contributed by atoms with van der Waals surface area (Å²) < 4.78 is 0. The van der Waals surface area contributed by atoms with E-state index in [1.807, 2.05) is 30.3 Å². The number of carbonyl (C=O) groups is 4. The van der Waals surface area contributed by atoms with Crippen LogP contribution < -0.4 is 27.0 Å². The third-order valence-corrected chi connectivity index (χ3v) is 5.60. The molecular formula is C23H35N5O5. The molecule has 10 heteroatoms. The molecule has 2 rings (SSSR count). The Labute approximate surface area is 194 Å². The van der Waals surface area contributed by atoms with Crippen molar-refractivity contribution in [1.29, 1.82) is 0 Å². The highest BCUT2D eigenvalue weighted by Gasteiger charge is 2.30. The Morgan fingerprint density at radius 2 is 1.76 bits per heavy atom. The number of amides is 3. The molecule has 182 valence electrons. The van der Waals surface area contributed by atoms with Crippen molar-refractivity contribution in [3.05, 3.63) is 35.9 Å². The third-order valence-electron chi connectivity index (χ3n) is 5.60. The van der Waals surface area contributed by atoms with Crippen LogP contribution in [-0.2, 0) is 25.6 Å². The first-order valence-electron chi connectivity index (χ1n) is 11.4. The van der Waals surface area contributed by atoms with E-state index in [4.69, 9.17) is 10.8 Å². The number of aliphatic carboxylic acids is 1. The van der Waals surface area contributed by atoms with Gasteiger partial charge in [0.1, 0.15) is 18.1 Å². The van der Waals surface area contributed by atoms with Crippen molar-refractivity contribution in [2.24, 2.45) is 5.73 Å². The van der Waals surface area contributed by atoms with E-state index in [0.717, 1.165) is 18.5 Å². The number of carboxylic acid groups (broad SMARTS) is 1. The molecule has 3 amide bonds. The minimum Gasteiger partial charge on any atom is -0.480 e. The van der Waals surface area contributed by atoms with Gasteiger partial charge in [-0.1, -0.05) is 30.3 Å². The van der Waals surface area contributed by atoms with E-state index in [2.05, 4.69) is 21.3 Å². The summed E-state index contributed by atoms with van der Waals surface area (Å²) >= 11 is 0. The highest BCUT2D eigenvalue weighted by atomic mass is 16.4. The summed E-state index contributed by atoms with van der Waals surface area (Å²) in [7, 11) is 0. The van der Waals surface area contributed by atoms with E-state index in [-0.39, 0.29) is 18.4 Å². The lowest BCUT2D eigenvalue weighted by Gasteiger charge is -2.25. The van der Waals surface area contributed by atoms with Crippen molar-refractivity contribution in [2.75, 3.05) is 13.1 Å². The predicted molar refractivity (Wildman–Crippen MR) is 123 cm³/mol. The summed E-state index contributed by atoms with van der Waals surface area (Å²) in [5.74, 6) is -2.52. The van der Waals surface area contributed by atoms with Gasteiger partial charge < -0.3 is 32.1 Å². The van der Waals surface area contributed by atoms with Crippen LogP contribution in [0.2, 0.25) is 0 Å². The van der Waals surface area contributed by atoms with Crippen molar-refractivity contribution in [3.63, 3.8) is 0 Å². The van der Waals surface area contributed by atoms with Gasteiger partial charge in [-0.25, -0.2) is 0 Å². The Bertz CT molecular complexity index is 798. The maximum absolute atomic E-state index is 13.1. The average molecular weight is 462 g/mol. The molecule has 0 radical (unpaired) electrons. The van der Waals surface area contributed by atoms with Crippen molar-refractivity contribution in [3.8, 4) is 0 Å². The van der Waals surface area contributed by atoms with Crippen LogP contribution in [0.4, 0.5) is 0 Å². The van der Waals surface area contributed by atoms with Crippen LogP contribution in [0.3, 0.4) is 0 Å². The maximum Gasteiger partial charge on any atom is 0.325 e. The van der Waals surface area contributed by atoms with Gasteiger partial charge in [-0.2, -0.15) is 0 Å². The second kappa shape index (κ2) is 13.5. The quantitative estimate of drug-likeness (QED) is 0.219. The van der Waals surface area contributed by atoms with Gasteiger partial charge >= 0.3 is 5.97 Å². The minimum absolute atomic E-state index is 0.179. The molecule has 7 N–H and O–H groups in total. The number of hydrogen-bond donors (Lipinski definition) is 6. The van der Waals surface area contributed by atoms with E-state index < -0.39 is 35.9 Å². The lowest BCUT2D eigenvalue weighted by Crippen LogP contribution is -2.57. The van der Waals surface area contributed by atoms with Crippen molar-refractivity contribution < 1.29 is 24.3 Å². The summed E-state index contributed by atoms with van der Waals surface area (Å²) in [6, 6.07) is 5.83. The van der Waals surface area contributed by atoms with Gasteiger partial charge in [0.05, 0.1) is 6.04 Å². The summed E-state index contributed by atoms with van der Waals surface area (Å²) in [5, 5.41) is 20.2. The second-order valence-electron chi connectivity index (χ2n) is 8.31. The van der Waals surface area contributed by atoms with Gasteiger partial charge in [-0.3, -0.25) is 19.2 Å². The lowest BCUT2D eigenvalue weighted by atomic mass is 10.0. The standard InChI is InChI=1S/C23H35N5O5/c1-15(23(32)33)26-22(31)19(14-16-8-3-2-4-9-16)28-21(30)18(10-5-6-12-24)27-20(29)17-11-7-13-25-17/h2-4,8-9,15,17-19,25H,5-7,10-14,24H2,1H3,(H,26,31)(H,27,29)(H,28,30)(H,32,33). The fraction of sp³-hybridized carbons (Fsp3) is 0.565. The molecule has 0 bridgehead atoms. The second-order valence-corrected chi connectivity index (χ2v) is 8.31. The summed E-state index contributed by atoms with van der Waals surface area (Å²) in [6.45, 7) is 2.58. The summed E-state index contributed by atoms with van der Waals surface area (Å²) in [5.41, 5.74) is 6.38. The van der Waals surface area contributed by atoms with Gasteiger partial charge in [0, 0.05) is 6.42 Å². The van der Waals surface area contributed by atoms with Gasteiger partial charge in [0.25, 0.3) is 0 Å². The zero-order valence-electron chi connectivity index (χ0n) is 19.0. The van der Waals surface area contributed by atoms with E-state index >= 15 is 0 Å². The molecular weight excluding hydrogens is 426 g/mol. The molecule has 1 fully saturated rings. The highest BCUT2D eigenvalue weighted by molar-refractivity contribution is 5.94. The molecule has 1 heterocycles. The van der Waals surface area contributed by atoms with Crippen LogP contribution in [0.15, 0.2) is 30.3 Å². The van der Waals surface area contributed by atoms with Crippen LogP contribution in [-0.4, -0.2) is 66.1 Å². The predicted octanol–water partition coefficient (Wildman–Crippen LogP) is -0.331. The normalized spacial score (nSPS) is 18.1. The number of nitrogens with one attached hydrogen (secondary N) is 4. The monoisotopic (exact) mass is 461 g/mol. The molecule has 0 saturated carbocycles. The molecule has 0 aromatic heterocycles. The first-order chi connectivity index (χ1) is 15.8. The molecule has 1 aliphatic rings. The molecule has 1 aromatic rings. The number of carbonyl (C=O) groups excluding carboxylic acids is 3. The zero-order valence-corrected chi connectivity index (χ0v) is 19.0. The van der Waals surface area contributed by atoms with Crippen LogP contribution in [0.1, 0.15) is 44.6 Å². The number of benzene rings is 1. The molecule has 1 aliphatic heterocycles. The van der Waals surface area contributed by atoms with Crippen molar-refractivity contribution >= 4 is 23.7 Å². The molecule has 4 unspecified atom stereocenters. The largest absolute Gasteiger partial charge is 0.480 e. The van der Waals surface area contributed by atoms with E-state index in [0.29, 0.717) is 32.2 Å². The molecule has 10 nitrogen and oxygen atoms in total. The fourth-order valence-corrected chi connectivity index (χ4v) is 3.65. The van der Waals surface area contributed by atoms with Crippen LogP contribution in [0, 0.1) is 0 Å². The zero-order chi connectivity index (χ0) is 24.2. The van der Waals surface area contributed by atoms with Crippen molar-refractivity contribution in [1.82, 2.24) is 21.3 Å². The van der Waals surface area contributed by atoms with Crippen molar-refractivity contribution in [2.45, 2.75) is 69.6 Å². The maximum atomic E-state index is 13.1. The average Bonchev–Trinajstić information content (AvgIpc) is 3.33. The van der Waals surface area contributed by atoms with Crippen LogP contribution >= 0.6 is 0 Å². The smallest absolute Gasteiger partial charge is 0.325 e. The van der Waals surface area contributed by atoms with Gasteiger partial charge in [0.2, 0.25) is 17.7 Å². The molecule has 33 heavy (non-hydrogen) atoms. The number of nitrogens with two attached hydrogens (primary N) is 1. The third kappa shape index (κ3) is 8.82. The summed E-state index contributed by atoms with van der Waals surface area (Å²) in [4.78, 5) is 49.7. The Morgan fingerprint density at radius 1 is 1.06 bits per heavy atom. The SMILES string of the molecule is CC(NC(=O)C(Cc1ccccc1)NC(=O)C(CCCCN)NC(=O)C1CCCN1)C(=O)O. The number of rotatable bonds is 13. The van der Waals surface area contributed by atoms with E-state index in [1.165, 1.54) is 6.92 Å². The highest BCUT2D eigenvalue weighted by Crippen LogP contribution is 2.09. The Morgan fingerprint density at radius 3 is 2.36 bits per heavy atom. The van der Waals surface area contributed by atoms with E-state index in [1.54, 1.807) is 0 Å². The number of hydrogen-bond acceptors (Lipinski definition) is 6. The Balaban J connectivity index is 2.13. The minimum atomic E-state index is -1.18. The van der Waals surface area contributed by atoms with Crippen LogP contribution in [0.25, 0.3) is 0 Å². The number of unbranched alkanes of at least 4 members (excludes halogenated alkanes) is 1. The fourth-order valence-electron chi connectivity index (χ4n) is 3.65. The first kappa shape index (κ1) is 26.3. The van der Waals surface area contributed by atoms with Gasteiger partial charge in [0.15, 0.2) is 0 Å². The molecule has 0 spiro atoms. The number of carboxylic acids is 1. The summed E-state index contributed by atoms with van der Waals surface area (Å²) in [6.07, 6.45) is 3.49. The molecule has 1 saturated heterocycles. The lowest BCUT2D eigenvalue weighted by molar-refractivity contribution is -0.141.